The molecule has 15 heavy (non-hydrogen) atoms. The molecule has 0 saturated heterocycles. The maximum absolute atomic E-state index is 3.36. The molecule has 2 rings (SSSR count). The predicted molar refractivity (Wildman–Crippen MR) is 65.8 cm³/mol. The molecule has 0 radical (unpaired) electrons. The van der Waals surface area contributed by atoms with E-state index in [0.29, 0.717) is 0 Å². The first-order chi connectivity index (χ1) is 7.22. The lowest BCUT2D eigenvalue weighted by molar-refractivity contribution is 0.0517. The smallest absolute Gasteiger partial charge is 0.00208 e. The fourth-order valence-electron chi connectivity index (χ4n) is 3.71. The fourth-order valence-corrected chi connectivity index (χ4v) is 3.71. The van der Waals surface area contributed by atoms with Crippen molar-refractivity contribution in [3.05, 3.63) is 0 Å². The van der Waals surface area contributed by atoms with Crippen LogP contribution < -0.4 is 5.32 Å². The molecule has 0 aromatic carbocycles. The normalized spacial score (nSPS) is 46.2. The molecule has 0 amide bonds. The lowest BCUT2D eigenvalue weighted by Crippen LogP contribution is -2.40. The van der Waals surface area contributed by atoms with Gasteiger partial charge in [0.1, 0.15) is 0 Å². The van der Waals surface area contributed by atoms with Crippen LogP contribution in [0.1, 0.15) is 46.0 Å². The standard InChI is InChI=1S/C14H27N/c1-10-4-5-12(8-11(10)2)14-7-6-13(14)9-15-3/h10-15H,4-9H2,1-3H3. The van der Waals surface area contributed by atoms with E-state index in [0.717, 1.165) is 29.6 Å². The predicted octanol–water partition coefficient (Wildman–Crippen LogP) is 3.30. The Kier molecular flexibility index (Phi) is 3.71. The lowest BCUT2D eigenvalue weighted by Gasteiger charge is -2.46. The van der Waals surface area contributed by atoms with Crippen LogP contribution in [0.5, 0.6) is 0 Å². The van der Waals surface area contributed by atoms with Gasteiger partial charge in [0.25, 0.3) is 0 Å². The Morgan fingerprint density at radius 1 is 1.00 bits per heavy atom. The van der Waals surface area contributed by atoms with E-state index in [-0.39, 0.29) is 0 Å². The molecule has 0 aromatic heterocycles. The van der Waals surface area contributed by atoms with Crippen LogP contribution in [0, 0.1) is 29.6 Å². The van der Waals surface area contributed by atoms with Crippen LogP contribution in [0.4, 0.5) is 0 Å². The third-order valence-electron chi connectivity index (χ3n) is 5.19. The molecule has 2 saturated carbocycles. The molecule has 5 atom stereocenters. The van der Waals surface area contributed by atoms with Crippen molar-refractivity contribution in [1.82, 2.24) is 5.32 Å². The summed E-state index contributed by atoms with van der Waals surface area (Å²) in [5.74, 6) is 5.07. The summed E-state index contributed by atoms with van der Waals surface area (Å²) in [6, 6.07) is 0. The highest BCUT2D eigenvalue weighted by atomic mass is 14.8. The van der Waals surface area contributed by atoms with Gasteiger partial charge in [0.15, 0.2) is 0 Å². The quantitative estimate of drug-likeness (QED) is 0.752. The fraction of sp³-hybridized carbons (Fsp3) is 1.00. The molecule has 0 aromatic rings. The summed E-state index contributed by atoms with van der Waals surface area (Å²) >= 11 is 0. The van der Waals surface area contributed by atoms with Crippen LogP contribution >= 0.6 is 0 Å². The minimum absolute atomic E-state index is 0.972. The minimum Gasteiger partial charge on any atom is -0.319 e. The minimum atomic E-state index is 0.972. The van der Waals surface area contributed by atoms with Crippen molar-refractivity contribution in [2.45, 2.75) is 46.0 Å². The number of nitrogens with one attached hydrogen (secondary N) is 1. The molecule has 88 valence electrons. The Balaban J connectivity index is 1.84. The number of rotatable bonds is 3. The van der Waals surface area contributed by atoms with Gasteiger partial charge in [0, 0.05) is 0 Å². The molecule has 0 spiro atoms. The zero-order valence-electron chi connectivity index (χ0n) is 10.6. The third-order valence-corrected chi connectivity index (χ3v) is 5.19. The topological polar surface area (TPSA) is 12.0 Å². The second kappa shape index (κ2) is 4.86. The van der Waals surface area contributed by atoms with Gasteiger partial charge in [0.05, 0.1) is 0 Å². The van der Waals surface area contributed by atoms with E-state index in [1.807, 2.05) is 0 Å². The van der Waals surface area contributed by atoms with E-state index < -0.39 is 0 Å². The first-order valence-electron chi connectivity index (χ1n) is 6.87. The Labute approximate surface area is 95.0 Å². The first kappa shape index (κ1) is 11.4. The first-order valence-corrected chi connectivity index (χ1v) is 6.87. The van der Waals surface area contributed by atoms with Crippen molar-refractivity contribution in [2.75, 3.05) is 13.6 Å². The Morgan fingerprint density at radius 2 is 1.80 bits per heavy atom. The van der Waals surface area contributed by atoms with E-state index >= 15 is 0 Å². The van der Waals surface area contributed by atoms with Gasteiger partial charge in [0.2, 0.25) is 0 Å². The molecule has 0 aliphatic heterocycles. The lowest BCUT2D eigenvalue weighted by atomic mass is 9.60. The van der Waals surface area contributed by atoms with Crippen molar-refractivity contribution in [3.8, 4) is 0 Å². The van der Waals surface area contributed by atoms with Crippen molar-refractivity contribution >= 4 is 0 Å². The molecule has 5 unspecified atom stereocenters. The average molecular weight is 209 g/mol. The largest absolute Gasteiger partial charge is 0.319 e. The average Bonchev–Trinajstić information content (AvgIpc) is 2.18. The maximum atomic E-state index is 3.36. The second-order valence-corrected chi connectivity index (χ2v) is 6.09. The van der Waals surface area contributed by atoms with Crippen LogP contribution in [-0.2, 0) is 0 Å². The zero-order chi connectivity index (χ0) is 10.8. The molecule has 0 heterocycles. The van der Waals surface area contributed by atoms with Gasteiger partial charge in [-0.2, -0.15) is 0 Å². The van der Waals surface area contributed by atoms with Crippen molar-refractivity contribution in [1.29, 1.82) is 0 Å². The number of hydrogen-bond donors (Lipinski definition) is 1. The maximum Gasteiger partial charge on any atom is -0.00208 e. The second-order valence-electron chi connectivity index (χ2n) is 6.09. The molecule has 2 fully saturated rings. The van der Waals surface area contributed by atoms with E-state index in [9.17, 15) is 0 Å². The zero-order valence-corrected chi connectivity index (χ0v) is 10.6. The highest BCUT2D eigenvalue weighted by Gasteiger charge is 2.38. The van der Waals surface area contributed by atoms with E-state index in [1.165, 1.54) is 38.6 Å². The van der Waals surface area contributed by atoms with Gasteiger partial charge in [-0.25, -0.2) is 0 Å². The molecular weight excluding hydrogens is 182 g/mol. The van der Waals surface area contributed by atoms with Crippen molar-refractivity contribution < 1.29 is 0 Å². The van der Waals surface area contributed by atoms with Crippen LogP contribution in [0.2, 0.25) is 0 Å². The number of hydrogen-bond acceptors (Lipinski definition) is 1. The Hall–Kier alpha value is -0.0400. The van der Waals surface area contributed by atoms with Crippen molar-refractivity contribution in [3.63, 3.8) is 0 Å². The summed E-state index contributed by atoms with van der Waals surface area (Å²) in [6.07, 6.45) is 7.49. The molecule has 1 nitrogen and oxygen atoms in total. The van der Waals surface area contributed by atoms with Crippen LogP contribution in [-0.4, -0.2) is 13.6 Å². The summed E-state index contributed by atoms with van der Waals surface area (Å²) < 4.78 is 0. The summed E-state index contributed by atoms with van der Waals surface area (Å²) in [6.45, 7) is 6.15. The van der Waals surface area contributed by atoms with Crippen LogP contribution in [0.25, 0.3) is 0 Å². The van der Waals surface area contributed by atoms with Gasteiger partial charge >= 0.3 is 0 Å². The third kappa shape index (κ3) is 2.38. The highest BCUT2D eigenvalue weighted by molar-refractivity contribution is 4.90. The summed E-state index contributed by atoms with van der Waals surface area (Å²) in [4.78, 5) is 0. The van der Waals surface area contributed by atoms with Gasteiger partial charge in [-0.05, 0) is 68.9 Å². The van der Waals surface area contributed by atoms with E-state index in [1.54, 1.807) is 0 Å². The SMILES string of the molecule is CNCC1CCC1C1CCC(C)C(C)C1. The van der Waals surface area contributed by atoms with Gasteiger partial charge in [-0.3, -0.25) is 0 Å². The van der Waals surface area contributed by atoms with E-state index in [2.05, 4.69) is 26.2 Å². The Morgan fingerprint density at radius 3 is 2.33 bits per heavy atom. The van der Waals surface area contributed by atoms with Crippen molar-refractivity contribution in [2.24, 2.45) is 29.6 Å². The van der Waals surface area contributed by atoms with Gasteiger partial charge in [-0.1, -0.05) is 20.3 Å². The van der Waals surface area contributed by atoms with Crippen LogP contribution in [0.3, 0.4) is 0 Å². The summed E-state index contributed by atoms with van der Waals surface area (Å²) in [7, 11) is 2.10. The van der Waals surface area contributed by atoms with Gasteiger partial charge in [-0.15, -0.1) is 0 Å². The highest BCUT2D eigenvalue weighted by Crippen LogP contribution is 2.47. The molecule has 1 heteroatoms. The molecule has 2 aliphatic carbocycles. The van der Waals surface area contributed by atoms with Crippen LogP contribution in [0.15, 0.2) is 0 Å². The molecule has 1 N–H and O–H groups in total. The monoisotopic (exact) mass is 209 g/mol. The van der Waals surface area contributed by atoms with E-state index in [4.69, 9.17) is 0 Å². The summed E-state index contributed by atoms with van der Waals surface area (Å²) in [5, 5.41) is 3.36. The Bertz CT molecular complexity index is 202. The molecular formula is C14H27N. The van der Waals surface area contributed by atoms with Gasteiger partial charge < -0.3 is 5.32 Å². The molecule has 0 bridgehead atoms. The summed E-state index contributed by atoms with van der Waals surface area (Å²) in [5.41, 5.74) is 0. The molecule has 2 aliphatic rings.